The summed E-state index contributed by atoms with van der Waals surface area (Å²) in [6, 6.07) is 13.6. The van der Waals surface area contributed by atoms with Gasteiger partial charge in [0.2, 0.25) is 0 Å². The zero-order chi connectivity index (χ0) is 21.8. The number of carbonyl (C=O) groups is 1. The van der Waals surface area contributed by atoms with E-state index in [2.05, 4.69) is 21.3 Å². The number of rotatable bonds is 6. The number of amides is 1. The summed E-state index contributed by atoms with van der Waals surface area (Å²) in [5.41, 5.74) is 3.55. The number of likely N-dealkylation sites (tertiary alicyclic amines) is 1. The van der Waals surface area contributed by atoms with Gasteiger partial charge < -0.3 is 14.6 Å². The van der Waals surface area contributed by atoms with Crippen molar-refractivity contribution in [1.82, 2.24) is 19.8 Å². The number of aryl methyl sites for hydroxylation is 1. The lowest BCUT2D eigenvalue weighted by Crippen LogP contribution is -2.47. The molecule has 162 valence electrons. The Hall–Kier alpha value is -2.83. The normalized spacial score (nSPS) is 16.8. The first kappa shape index (κ1) is 21.4. The summed E-state index contributed by atoms with van der Waals surface area (Å²) in [5, 5.41) is 3.95. The summed E-state index contributed by atoms with van der Waals surface area (Å²) in [5.74, 6) is 0.553. The molecule has 3 aromatic rings. The highest BCUT2D eigenvalue weighted by atomic mass is 35.5. The summed E-state index contributed by atoms with van der Waals surface area (Å²) in [4.78, 5) is 19.5. The van der Waals surface area contributed by atoms with Crippen LogP contribution in [0.25, 0.3) is 5.69 Å². The molecule has 1 aliphatic heterocycles. The first-order valence-electron chi connectivity index (χ1n) is 10.5. The lowest BCUT2D eigenvalue weighted by Gasteiger charge is -2.33. The molecular weight excluding hydrogens is 412 g/mol. The van der Waals surface area contributed by atoms with Gasteiger partial charge in [-0.05, 0) is 62.2 Å². The predicted molar refractivity (Wildman–Crippen MR) is 122 cm³/mol. The van der Waals surface area contributed by atoms with Gasteiger partial charge in [0, 0.05) is 35.9 Å². The summed E-state index contributed by atoms with van der Waals surface area (Å²) in [7, 11) is 1.61. The number of imidazole rings is 1. The van der Waals surface area contributed by atoms with Gasteiger partial charge in [0.25, 0.3) is 5.91 Å². The van der Waals surface area contributed by atoms with Gasteiger partial charge in [-0.3, -0.25) is 9.69 Å². The van der Waals surface area contributed by atoms with Crippen LogP contribution in [-0.2, 0) is 6.54 Å². The zero-order valence-corrected chi connectivity index (χ0v) is 18.6. The average molecular weight is 439 g/mol. The van der Waals surface area contributed by atoms with E-state index in [1.54, 1.807) is 19.5 Å². The number of ether oxygens (including phenoxy) is 1. The number of piperidine rings is 1. The number of halogens is 1. The third-order valence-corrected chi connectivity index (χ3v) is 5.80. The van der Waals surface area contributed by atoms with Crippen LogP contribution in [0.5, 0.6) is 5.75 Å². The molecule has 4 rings (SSSR count). The molecule has 2 aromatic carbocycles. The van der Waals surface area contributed by atoms with Gasteiger partial charge >= 0.3 is 0 Å². The summed E-state index contributed by atoms with van der Waals surface area (Å²) >= 11 is 6.11. The number of aromatic nitrogens is 2. The van der Waals surface area contributed by atoms with E-state index in [0.29, 0.717) is 11.3 Å². The fourth-order valence-corrected chi connectivity index (χ4v) is 4.28. The highest BCUT2D eigenvalue weighted by molar-refractivity contribution is 6.30. The van der Waals surface area contributed by atoms with Crippen molar-refractivity contribution in [2.45, 2.75) is 32.4 Å². The van der Waals surface area contributed by atoms with Crippen LogP contribution in [0.15, 0.2) is 55.0 Å². The number of hydrogen-bond donors (Lipinski definition) is 1. The lowest BCUT2D eigenvalue weighted by atomic mass is 10.0. The Morgan fingerprint density at radius 2 is 2.16 bits per heavy atom. The van der Waals surface area contributed by atoms with Crippen molar-refractivity contribution in [3.63, 3.8) is 0 Å². The topological polar surface area (TPSA) is 59.4 Å². The summed E-state index contributed by atoms with van der Waals surface area (Å²) < 4.78 is 7.43. The molecule has 7 heteroatoms. The fraction of sp³-hybridized carbons (Fsp3) is 0.333. The van der Waals surface area contributed by atoms with E-state index in [1.165, 1.54) is 5.56 Å². The van der Waals surface area contributed by atoms with E-state index in [1.807, 2.05) is 48.0 Å². The molecule has 0 bridgehead atoms. The van der Waals surface area contributed by atoms with Crippen LogP contribution in [-0.4, -0.2) is 46.6 Å². The van der Waals surface area contributed by atoms with Crippen LogP contribution in [0.3, 0.4) is 0 Å². The number of methoxy groups -OCH3 is 1. The third kappa shape index (κ3) is 5.27. The molecule has 2 heterocycles. The summed E-state index contributed by atoms with van der Waals surface area (Å²) in [6.45, 7) is 4.61. The second kappa shape index (κ2) is 9.54. The molecule has 1 unspecified atom stereocenters. The molecule has 1 saturated heterocycles. The Labute approximate surface area is 187 Å². The minimum absolute atomic E-state index is 0.0822. The predicted octanol–water partition coefficient (Wildman–Crippen LogP) is 4.24. The molecule has 0 aliphatic carbocycles. The third-order valence-electron chi connectivity index (χ3n) is 5.57. The van der Waals surface area contributed by atoms with Crippen LogP contribution in [0.2, 0.25) is 5.02 Å². The highest BCUT2D eigenvalue weighted by Gasteiger charge is 2.22. The maximum absolute atomic E-state index is 12.9. The van der Waals surface area contributed by atoms with Crippen molar-refractivity contribution in [2.24, 2.45) is 0 Å². The van der Waals surface area contributed by atoms with E-state index >= 15 is 0 Å². The molecule has 1 N–H and O–H groups in total. The average Bonchev–Trinajstić information content (AvgIpc) is 3.19. The first-order valence-corrected chi connectivity index (χ1v) is 10.9. The summed E-state index contributed by atoms with van der Waals surface area (Å²) in [6.07, 6.45) is 5.69. The minimum Gasteiger partial charge on any atom is -0.495 e. The molecule has 1 atom stereocenters. The van der Waals surface area contributed by atoms with E-state index in [0.717, 1.165) is 48.9 Å². The molecule has 0 spiro atoms. The quantitative estimate of drug-likeness (QED) is 0.625. The molecule has 1 fully saturated rings. The van der Waals surface area contributed by atoms with E-state index in [4.69, 9.17) is 16.3 Å². The van der Waals surface area contributed by atoms with Crippen molar-refractivity contribution >= 4 is 17.5 Å². The second-order valence-corrected chi connectivity index (χ2v) is 8.42. The molecular formula is C24H27ClN4O2. The van der Waals surface area contributed by atoms with Gasteiger partial charge in [-0.15, -0.1) is 0 Å². The van der Waals surface area contributed by atoms with Crippen molar-refractivity contribution in [3.8, 4) is 11.4 Å². The van der Waals surface area contributed by atoms with Crippen molar-refractivity contribution in [2.75, 3.05) is 20.2 Å². The van der Waals surface area contributed by atoms with Gasteiger partial charge in [0.15, 0.2) is 0 Å². The standard InChI is InChI=1S/C24H27ClN4O2/c1-17-13-29(16-26-17)22-9-8-19(12-23(22)31-2)24(30)27-21-7-4-10-28(15-21)14-18-5-3-6-20(25)11-18/h3,5-6,8-9,11-13,16,21H,4,7,10,14-15H2,1-2H3,(H,27,30). The van der Waals surface area contributed by atoms with Gasteiger partial charge in [-0.2, -0.15) is 0 Å². The Morgan fingerprint density at radius 3 is 2.90 bits per heavy atom. The second-order valence-electron chi connectivity index (χ2n) is 7.99. The molecule has 31 heavy (non-hydrogen) atoms. The van der Waals surface area contributed by atoms with Gasteiger partial charge in [-0.1, -0.05) is 23.7 Å². The molecule has 0 radical (unpaired) electrons. The molecule has 6 nitrogen and oxygen atoms in total. The maximum atomic E-state index is 12.9. The van der Waals surface area contributed by atoms with Gasteiger partial charge in [0.05, 0.1) is 24.8 Å². The number of nitrogens with one attached hydrogen (secondary N) is 1. The molecule has 1 aromatic heterocycles. The Balaban J connectivity index is 1.41. The largest absolute Gasteiger partial charge is 0.495 e. The maximum Gasteiger partial charge on any atom is 0.251 e. The molecule has 0 saturated carbocycles. The zero-order valence-electron chi connectivity index (χ0n) is 17.8. The van der Waals surface area contributed by atoms with Crippen molar-refractivity contribution in [3.05, 3.63) is 76.8 Å². The Kier molecular flexibility index (Phi) is 6.59. The van der Waals surface area contributed by atoms with Crippen LogP contribution in [0.1, 0.15) is 34.5 Å². The van der Waals surface area contributed by atoms with Crippen LogP contribution in [0.4, 0.5) is 0 Å². The van der Waals surface area contributed by atoms with Crippen LogP contribution < -0.4 is 10.1 Å². The molecule has 1 aliphatic rings. The number of benzene rings is 2. The van der Waals surface area contributed by atoms with Gasteiger partial charge in [0.1, 0.15) is 5.75 Å². The monoisotopic (exact) mass is 438 g/mol. The lowest BCUT2D eigenvalue weighted by molar-refractivity contribution is 0.0900. The van der Waals surface area contributed by atoms with E-state index < -0.39 is 0 Å². The van der Waals surface area contributed by atoms with E-state index in [-0.39, 0.29) is 11.9 Å². The minimum atomic E-state index is -0.0822. The molecule has 1 amide bonds. The highest BCUT2D eigenvalue weighted by Crippen LogP contribution is 2.25. The smallest absolute Gasteiger partial charge is 0.251 e. The Bertz CT molecular complexity index is 1070. The van der Waals surface area contributed by atoms with Gasteiger partial charge in [-0.25, -0.2) is 4.98 Å². The first-order chi connectivity index (χ1) is 15.0. The van der Waals surface area contributed by atoms with E-state index in [9.17, 15) is 4.79 Å². The SMILES string of the molecule is COc1cc(C(=O)NC2CCCN(Cc3cccc(Cl)c3)C2)ccc1-n1cnc(C)c1. The fourth-order valence-electron chi connectivity index (χ4n) is 4.06. The number of nitrogens with zero attached hydrogens (tertiary/aromatic N) is 3. The van der Waals surface area contributed by atoms with Crippen LogP contribution in [0, 0.1) is 6.92 Å². The van der Waals surface area contributed by atoms with Crippen molar-refractivity contribution < 1.29 is 9.53 Å². The number of carbonyl (C=O) groups excluding carboxylic acids is 1. The number of hydrogen-bond acceptors (Lipinski definition) is 4. The Morgan fingerprint density at radius 1 is 1.29 bits per heavy atom. The van der Waals surface area contributed by atoms with Crippen LogP contribution >= 0.6 is 11.6 Å². The van der Waals surface area contributed by atoms with Crippen molar-refractivity contribution in [1.29, 1.82) is 0 Å².